The van der Waals surface area contributed by atoms with E-state index in [9.17, 15) is 14.7 Å². The van der Waals surface area contributed by atoms with E-state index in [0.29, 0.717) is 6.54 Å². The summed E-state index contributed by atoms with van der Waals surface area (Å²) in [5, 5.41) is 11.1. The normalized spacial score (nSPS) is 23.0. The molecule has 1 aliphatic rings. The molecule has 1 amide bonds. The summed E-state index contributed by atoms with van der Waals surface area (Å²) < 4.78 is 5.27. The number of rotatable bonds is 6. The zero-order valence-corrected chi connectivity index (χ0v) is 12.7. The van der Waals surface area contributed by atoms with E-state index in [0.717, 1.165) is 11.3 Å². The standard InChI is InChI=1S/C14H20N2O4S/c1-2-5-16(10-8-20-7-9(10)14(18)19)13(17)12(15)11-4-3-6-21-11/h3-4,6,9-10,12H,2,5,7-8,15H2,1H3,(H,18,19). The maximum absolute atomic E-state index is 12.6. The molecule has 1 aliphatic heterocycles. The zero-order chi connectivity index (χ0) is 15.4. The molecule has 0 spiro atoms. The minimum Gasteiger partial charge on any atom is -0.481 e. The summed E-state index contributed by atoms with van der Waals surface area (Å²) in [6.07, 6.45) is 0.742. The number of hydrogen-bond acceptors (Lipinski definition) is 5. The van der Waals surface area contributed by atoms with Crippen LogP contribution in [0.2, 0.25) is 0 Å². The van der Waals surface area contributed by atoms with Gasteiger partial charge in [0.15, 0.2) is 0 Å². The predicted molar refractivity (Wildman–Crippen MR) is 79.0 cm³/mol. The Morgan fingerprint density at radius 1 is 1.57 bits per heavy atom. The van der Waals surface area contributed by atoms with E-state index in [4.69, 9.17) is 10.5 Å². The highest BCUT2D eigenvalue weighted by molar-refractivity contribution is 7.10. The van der Waals surface area contributed by atoms with Crippen molar-refractivity contribution in [2.24, 2.45) is 11.7 Å². The average molecular weight is 312 g/mol. The van der Waals surface area contributed by atoms with Crippen LogP contribution in [0.15, 0.2) is 17.5 Å². The molecule has 1 saturated heterocycles. The maximum Gasteiger partial charge on any atom is 0.311 e. The third-order valence-electron chi connectivity index (χ3n) is 3.63. The first-order chi connectivity index (χ1) is 10.1. The number of nitrogens with two attached hydrogens (primary N) is 1. The van der Waals surface area contributed by atoms with Crippen molar-refractivity contribution in [3.8, 4) is 0 Å². The Hall–Kier alpha value is -1.44. The van der Waals surface area contributed by atoms with E-state index in [1.165, 1.54) is 11.3 Å². The molecule has 2 rings (SSSR count). The molecule has 0 bridgehead atoms. The van der Waals surface area contributed by atoms with Crippen LogP contribution in [0, 0.1) is 5.92 Å². The van der Waals surface area contributed by atoms with Gasteiger partial charge >= 0.3 is 5.97 Å². The highest BCUT2D eigenvalue weighted by atomic mass is 32.1. The minimum atomic E-state index is -0.934. The number of amides is 1. The first kappa shape index (κ1) is 15.9. The highest BCUT2D eigenvalue weighted by Gasteiger charge is 2.41. The SMILES string of the molecule is CCCN(C(=O)C(N)c1cccs1)C1COCC1C(=O)O. The molecule has 1 aromatic heterocycles. The number of carbonyl (C=O) groups excluding carboxylic acids is 1. The van der Waals surface area contributed by atoms with Crippen molar-refractivity contribution < 1.29 is 19.4 Å². The van der Waals surface area contributed by atoms with Gasteiger partial charge in [-0.05, 0) is 17.9 Å². The number of thiophene rings is 1. The van der Waals surface area contributed by atoms with Crippen molar-refractivity contribution in [1.29, 1.82) is 0 Å². The number of aliphatic carboxylic acids is 1. The Morgan fingerprint density at radius 3 is 2.90 bits per heavy atom. The fraction of sp³-hybridized carbons (Fsp3) is 0.571. The lowest BCUT2D eigenvalue weighted by molar-refractivity contribution is -0.145. The van der Waals surface area contributed by atoms with Crippen LogP contribution in [0.4, 0.5) is 0 Å². The van der Waals surface area contributed by atoms with E-state index in [2.05, 4.69) is 0 Å². The van der Waals surface area contributed by atoms with Gasteiger partial charge in [0.1, 0.15) is 12.0 Å². The van der Waals surface area contributed by atoms with Gasteiger partial charge in [-0.1, -0.05) is 13.0 Å². The molecule has 3 atom stereocenters. The Labute approximate surface area is 127 Å². The summed E-state index contributed by atoms with van der Waals surface area (Å²) in [7, 11) is 0. The Kier molecular flexibility index (Phi) is 5.33. The summed E-state index contributed by atoms with van der Waals surface area (Å²) in [5.74, 6) is -1.85. The molecule has 3 unspecified atom stereocenters. The van der Waals surface area contributed by atoms with Gasteiger partial charge in [-0.25, -0.2) is 0 Å². The van der Waals surface area contributed by atoms with E-state index in [-0.39, 0.29) is 19.1 Å². The fourth-order valence-electron chi connectivity index (χ4n) is 2.53. The van der Waals surface area contributed by atoms with Crippen molar-refractivity contribution in [3.05, 3.63) is 22.4 Å². The van der Waals surface area contributed by atoms with Crippen LogP contribution < -0.4 is 5.73 Å². The summed E-state index contributed by atoms with van der Waals surface area (Å²) in [6.45, 7) is 2.82. The van der Waals surface area contributed by atoms with E-state index < -0.39 is 24.0 Å². The van der Waals surface area contributed by atoms with Crippen LogP contribution in [0.5, 0.6) is 0 Å². The van der Waals surface area contributed by atoms with Gasteiger partial charge in [0, 0.05) is 11.4 Å². The van der Waals surface area contributed by atoms with Gasteiger partial charge in [-0.3, -0.25) is 9.59 Å². The average Bonchev–Trinajstić information content (AvgIpc) is 3.13. The Morgan fingerprint density at radius 2 is 2.33 bits per heavy atom. The molecule has 2 heterocycles. The second kappa shape index (κ2) is 7.02. The molecule has 1 fully saturated rings. The Bertz CT molecular complexity index is 491. The molecule has 116 valence electrons. The summed E-state index contributed by atoms with van der Waals surface area (Å²) in [5.41, 5.74) is 6.03. The quantitative estimate of drug-likeness (QED) is 0.820. The topological polar surface area (TPSA) is 92.9 Å². The number of hydrogen-bond donors (Lipinski definition) is 2. The Balaban J connectivity index is 2.18. The number of carboxylic acid groups (broad SMARTS) is 1. The van der Waals surface area contributed by atoms with Crippen molar-refractivity contribution in [2.75, 3.05) is 19.8 Å². The van der Waals surface area contributed by atoms with Gasteiger partial charge in [0.05, 0.1) is 19.3 Å². The van der Waals surface area contributed by atoms with Gasteiger partial charge < -0.3 is 20.5 Å². The number of carbonyl (C=O) groups is 2. The smallest absolute Gasteiger partial charge is 0.311 e. The van der Waals surface area contributed by atoms with Gasteiger partial charge in [-0.2, -0.15) is 0 Å². The molecule has 0 radical (unpaired) electrons. The van der Waals surface area contributed by atoms with E-state index in [1.54, 1.807) is 4.90 Å². The number of ether oxygens (including phenoxy) is 1. The van der Waals surface area contributed by atoms with Crippen LogP contribution in [0.25, 0.3) is 0 Å². The van der Waals surface area contributed by atoms with Gasteiger partial charge in [-0.15, -0.1) is 11.3 Å². The molecule has 3 N–H and O–H groups in total. The largest absolute Gasteiger partial charge is 0.481 e. The minimum absolute atomic E-state index is 0.141. The molecular weight excluding hydrogens is 292 g/mol. The van der Waals surface area contributed by atoms with Crippen LogP contribution in [-0.2, 0) is 14.3 Å². The summed E-state index contributed by atoms with van der Waals surface area (Å²) in [6, 6.07) is 2.47. The van der Waals surface area contributed by atoms with Crippen LogP contribution in [0.3, 0.4) is 0 Å². The van der Waals surface area contributed by atoms with Gasteiger partial charge in [0.25, 0.3) is 0 Å². The lowest BCUT2D eigenvalue weighted by atomic mass is 10.0. The van der Waals surface area contributed by atoms with Crippen molar-refractivity contribution >= 4 is 23.2 Å². The second-order valence-electron chi connectivity index (χ2n) is 5.07. The third-order valence-corrected chi connectivity index (χ3v) is 4.59. The number of nitrogens with zero attached hydrogens (tertiary/aromatic N) is 1. The maximum atomic E-state index is 12.6. The molecular formula is C14H20N2O4S. The lowest BCUT2D eigenvalue weighted by Crippen LogP contribution is -2.49. The van der Waals surface area contributed by atoms with Crippen molar-refractivity contribution in [1.82, 2.24) is 4.90 Å². The molecule has 6 nitrogen and oxygen atoms in total. The van der Waals surface area contributed by atoms with Crippen LogP contribution >= 0.6 is 11.3 Å². The molecule has 1 aromatic rings. The third kappa shape index (κ3) is 3.42. The summed E-state index contributed by atoms with van der Waals surface area (Å²) in [4.78, 5) is 26.3. The fourth-order valence-corrected chi connectivity index (χ4v) is 3.25. The van der Waals surface area contributed by atoms with Crippen molar-refractivity contribution in [2.45, 2.75) is 25.4 Å². The summed E-state index contributed by atoms with van der Waals surface area (Å²) >= 11 is 1.42. The second-order valence-corrected chi connectivity index (χ2v) is 6.05. The van der Waals surface area contributed by atoms with Crippen LogP contribution in [0.1, 0.15) is 24.3 Å². The molecule has 7 heteroatoms. The number of carboxylic acids is 1. The van der Waals surface area contributed by atoms with Crippen molar-refractivity contribution in [3.63, 3.8) is 0 Å². The van der Waals surface area contributed by atoms with E-state index >= 15 is 0 Å². The molecule has 21 heavy (non-hydrogen) atoms. The zero-order valence-electron chi connectivity index (χ0n) is 11.9. The molecule has 0 saturated carbocycles. The van der Waals surface area contributed by atoms with E-state index in [1.807, 2.05) is 24.4 Å². The highest BCUT2D eigenvalue weighted by Crippen LogP contribution is 2.25. The predicted octanol–water partition coefficient (Wildman–Crippen LogP) is 1.09. The molecule has 0 aliphatic carbocycles. The van der Waals surface area contributed by atoms with Crippen LogP contribution in [-0.4, -0.2) is 47.7 Å². The van der Waals surface area contributed by atoms with Gasteiger partial charge in [0.2, 0.25) is 5.91 Å². The monoisotopic (exact) mass is 312 g/mol. The molecule has 0 aromatic carbocycles. The lowest BCUT2D eigenvalue weighted by Gasteiger charge is -2.32. The first-order valence-electron chi connectivity index (χ1n) is 6.96. The first-order valence-corrected chi connectivity index (χ1v) is 7.84.